The number of ether oxygens (including phenoxy) is 2. The number of hydrogen-bond acceptors (Lipinski definition) is 9. The number of piperidine rings is 1. The van der Waals surface area contributed by atoms with Crippen LogP contribution in [0.2, 0.25) is 0 Å². The Balaban J connectivity index is 1.43. The van der Waals surface area contributed by atoms with E-state index in [2.05, 4.69) is 41.4 Å². The third kappa shape index (κ3) is 4.03. The lowest BCUT2D eigenvalue weighted by Gasteiger charge is -2.29. The first-order valence-corrected chi connectivity index (χ1v) is 11.6. The Hall–Kier alpha value is -2.55. The van der Waals surface area contributed by atoms with Crippen LogP contribution in [-0.2, 0) is 6.54 Å². The van der Waals surface area contributed by atoms with Crippen molar-refractivity contribution in [1.29, 1.82) is 5.26 Å². The molecule has 5 rings (SSSR count). The topological polar surface area (TPSA) is 115 Å². The van der Waals surface area contributed by atoms with Crippen molar-refractivity contribution in [2.24, 2.45) is 5.92 Å². The molecule has 0 atom stereocenters. The van der Waals surface area contributed by atoms with Crippen molar-refractivity contribution in [3.63, 3.8) is 0 Å². The largest absolute Gasteiger partial charge is 0.454 e. The first kappa shape index (κ1) is 20.4. The van der Waals surface area contributed by atoms with E-state index >= 15 is 0 Å². The zero-order chi connectivity index (χ0) is 21.4. The maximum absolute atomic E-state index is 9.13. The summed E-state index contributed by atoms with van der Waals surface area (Å²) in [6.45, 7) is 3.62. The minimum atomic E-state index is 0.170. The SMILES string of the molecule is N#CC1CCN(CCn2c(Sc3cc4c(cc3Br)OCO4)nc3ncnc(N)c32)CC1. The molecule has 0 saturated carbocycles. The minimum absolute atomic E-state index is 0.170. The Morgan fingerprint density at radius 2 is 1.97 bits per heavy atom. The number of nitrogen functional groups attached to an aromatic ring is 1. The number of rotatable bonds is 5. The quantitative estimate of drug-likeness (QED) is 0.561. The minimum Gasteiger partial charge on any atom is -0.454 e. The maximum atomic E-state index is 9.13. The summed E-state index contributed by atoms with van der Waals surface area (Å²) in [7, 11) is 0. The average Bonchev–Trinajstić information content (AvgIpc) is 3.37. The van der Waals surface area contributed by atoms with Crippen LogP contribution in [0.4, 0.5) is 5.82 Å². The van der Waals surface area contributed by atoms with Gasteiger partial charge in [-0.05, 0) is 54.0 Å². The fourth-order valence-electron chi connectivity index (χ4n) is 3.86. The lowest BCUT2D eigenvalue weighted by atomic mass is 9.99. The van der Waals surface area contributed by atoms with Crippen molar-refractivity contribution in [2.75, 3.05) is 32.2 Å². The summed E-state index contributed by atoms with van der Waals surface area (Å²) in [6, 6.07) is 6.24. The number of nitriles is 1. The van der Waals surface area contributed by atoms with Crippen molar-refractivity contribution >= 4 is 44.7 Å². The van der Waals surface area contributed by atoms with E-state index in [0.29, 0.717) is 23.8 Å². The van der Waals surface area contributed by atoms with Gasteiger partial charge in [0, 0.05) is 28.4 Å². The van der Waals surface area contributed by atoms with E-state index in [1.807, 2.05) is 12.1 Å². The summed E-state index contributed by atoms with van der Waals surface area (Å²) in [5.74, 6) is 2.02. The monoisotopic (exact) mass is 501 g/mol. The smallest absolute Gasteiger partial charge is 0.231 e. The van der Waals surface area contributed by atoms with Crippen molar-refractivity contribution in [3.8, 4) is 17.6 Å². The van der Waals surface area contributed by atoms with Gasteiger partial charge in [-0.2, -0.15) is 5.26 Å². The summed E-state index contributed by atoms with van der Waals surface area (Å²) in [5.41, 5.74) is 7.52. The van der Waals surface area contributed by atoms with Crippen LogP contribution in [0.25, 0.3) is 11.2 Å². The molecule has 3 aromatic rings. The highest BCUT2D eigenvalue weighted by atomic mass is 79.9. The molecule has 9 nitrogen and oxygen atoms in total. The van der Waals surface area contributed by atoms with E-state index in [9.17, 15) is 0 Å². The Morgan fingerprint density at radius 3 is 2.74 bits per heavy atom. The molecule has 2 aromatic heterocycles. The van der Waals surface area contributed by atoms with Crippen LogP contribution in [0.1, 0.15) is 12.8 Å². The van der Waals surface area contributed by atoms with Crippen LogP contribution in [0.15, 0.2) is 33.0 Å². The number of hydrogen-bond donors (Lipinski definition) is 1. The third-order valence-electron chi connectivity index (χ3n) is 5.57. The Morgan fingerprint density at radius 1 is 1.19 bits per heavy atom. The number of fused-ring (bicyclic) bond motifs is 2. The molecule has 1 saturated heterocycles. The molecule has 1 fully saturated rings. The lowest BCUT2D eigenvalue weighted by molar-refractivity contribution is 0.174. The van der Waals surface area contributed by atoms with E-state index in [0.717, 1.165) is 58.3 Å². The first-order chi connectivity index (χ1) is 15.1. The molecule has 0 radical (unpaired) electrons. The predicted octanol–water partition coefficient (Wildman–Crippen LogP) is 3.29. The van der Waals surface area contributed by atoms with Gasteiger partial charge in [-0.3, -0.25) is 0 Å². The summed E-state index contributed by atoms with van der Waals surface area (Å²) in [5, 5.41) is 9.92. The molecule has 31 heavy (non-hydrogen) atoms. The second-order valence-corrected chi connectivity index (χ2v) is 9.32. The van der Waals surface area contributed by atoms with E-state index in [1.165, 1.54) is 18.1 Å². The van der Waals surface area contributed by atoms with E-state index in [4.69, 9.17) is 25.5 Å². The number of nitrogens with two attached hydrogens (primary N) is 1. The number of likely N-dealkylation sites (tertiary alicyclic amines) is 1. The molecule has 0 aliphatic carbocycles. The number of halogens is 1. The van der Waals surface area contributed by atoms with Crippen molar-refractivity contribution in [2.45, 2.75) is 29.4 Å². The average molecular weight is 502 g/mol. The first-order valence-electron chi connectivity index (χ1n) is 9.98. The molecule has 0 amide bonds. The van der Waals surface area contributed by atoms with Gasteiger partial charge in [0.15, 0.2) is 28.1 Å². The number of nitrogens with zero attached hydrogens (tertiary/aromatic N) is 6. The van der Waals surface area contributed by atoms with Crippen molar-refractivity contribution in [1.82, 2.24) is 24.4 Å². The van der Waals surface area contributed by atoms with Crippen molar-refractivity contribution < 1.29 is 9.47 Å². The number of benzene rings is 1. The van der Waals surface area contributed by atoms with Gasteiger partial charge in [0.25, 0.3) is 0 Å². The Kier molecular flexibility index (Phi) is 5.60. The van der Waals surface area contributed by atoms with Crippen LogP contribution < -0.4 is 15.2 Å². The molecule has 0 unspecified atom stereocenters. The number of imidazole rings is 1. The Bertz CT molecular complexity index is 1170. The van der Waals surface area contributed by atoms with E-state index in [1.54, 1.807) is 0 Å². The van der Waals surface area contributed by atoms with Gasteiger partial charge in [-0.15, -0.1) is 0 Å². The third-order valence-corrected chi connectivity index (χ3v) is 7.54. The van der Waals surface area contributed by atoms with Gasteiger partial charge in [0.05, 0.1) is 6.07 Å². The fraction of sp³-hybridized carbons (Fsp3) is 0.400. The molecule has 0 spiro atoms. The molecule has 2 N–H and O–H groups in total. The van der Waals surface area contributed by atoms with Gasteiger partial charge in [-0.1, -0.05) is 11.8 Å². The molecule has 11 heteroatoms. The number of aromatic nitrogens is 4. The van der Waals surface area contributed by atoms with Gasteiger partial charge in [0.1, 0.15) is 11.8 Å². The highest BCUT2D eigenvalue weighted by molar-refractivity contribution is 9.10. The highest BCUT2D eigenvalue weighted by Gasteiger charge is 2.23. The summed E-state index contributed by atoms with van der Waals surface area (Å²) >= 11 is 5.14. The van der Waals surface area contributed by atoms with Gasteiger partial charge in [0.2, 0.25) is 6.79 Å². The Labute approximate surface area is 191 Å². The molecule has 160 valence electrons. The van der Waals surface area contributed by atoms with Gasteiger partial charge >= 0.3 is 0 Å². The van der Waals surface area contributed by atoms with Crippen LogP contribution >= 0.6 is 27.7 Å². The van der Waals surface area contributed by atoms with Crippen LogP contribution in [0.5, 0.6) is 11.5 Å². The van der Waals surface area contributed by atoms with Crippen LogP contribution in [-0.4, -0.2) is 50.8 Å². The van der Waals surface area contributed by atoms with Crippen LogP contribution in [0.3, 0.4) is 0 Å². The molecular formula is C20H20BrN7O2S. The second kappa shape index (κ2) is 8.53. The predicted molar refractivity (Wildman–Crippen MR) is 119 cm³/mol. The van der Waals surface area contributed by atoms with E-state index < -0.39 is 0 Å². The standard InChI is InChI=1S/C20H20BrN7O2S/c21-13-7-14-15(30-11-29-14)8-16(13)31-20-26-19-17(18(23)24-10-25-19)28(20)6-5-27-3-1-12(9-22)2-4-27/h7-8,10,12H,1-6,11H2,(H2,23,24,25). The molecule has 2 aliphatic heterocycles. The molecule has 4 heterocycles. The zero-order valence-corrected chi connectivity index (χ0v) is 19.0. The number of anilines is 1. The zero-order valence-electron chi connectivity index (χ0n) is 16.6. The van der Waals surface area contributed by atoms with E-state index in [-0.39, 0.29) is 12.7 Å². The summed E-state index contributed by atoms with van der Waals surface area (Å²) in [4.78, 5) is 16.6. The maximum Gasteiger partial charge on any atom is 0.231 e. The van der Waals surface area contributed by atoms with Gasteiger partial charge in [-0.25, -0.2) is 15.0 Å². The summed E-state index contributed by atoms with van der Waals surface area (Å²) < 4.78 is 14.0. The molecule has 1 aromatic carbocycles. The van der Waals surface area contributed by atoms with Gasteiger partial charge < -0.3 is 24.7 Å². The molecule has 2 aliphatic rings. The fourth-order valence-corrected chi connectivity index (χ4v) is 5.37. The van der Waals surface area contributed by atoms with Crippen LogP contribution in [0, 0.1) is 17.2 Å². The lowest BCUT2D eigenvalue weighted by Crippen LogP contribution is -2.35. The molecule has 0 bridgehead atoms. The molecular weight excluding hydrogens is 482 g/mol. The van der Waals surface area contributed by atoms with Crippen molar-refractivity contribution in [3.05, 3.63) is 22.9 Å². The highest BCUT2D eigenvalue weighted by Crippen LogP contribution is 2.43. The second-order valence-electron chi connectivity index (χ2n) is 7.46. The summed E-state index contributed by atoms with van der Waals surface area (Å²) in [6.07, 6.45) is 3.27. The normalized spacial score (nSPS) is 16.6.